The summed E-state index contributed by atoms with van der Waals surface area (Å²) >= 11 is 0. The standard InChI is InChI=1S/C26H26N4O5/c1-29-14-21(24(31)30-12-6-7-16(13-30)25(32)33)23(28-29)27-26(34)35-15-22-19-10-4-2-8-17(19)18-9-3-5-11-20(18)22/h2-5,8-11,14,16,22H,6-7,12-13,15H2,1H3,(H,32,33)(H,27,28,34). The predicted molar refractivity (Wildman–Crippen MR) is 128 cm³/mol. The highest BCUT2D eigenvalue weighted by Gasteiger charge is 2.32. The number of piperidine rings is 1. The zero-order chi connectivity index (χ0) is 24.5. The number of carbonyl (C=O) groups is 3. The first-order valence-electron chi connectivity index (χ1n) is 11.6. The number of fused-ring (bicyclic) bond motifs is 3. The van der Waals surface area contributed by atoms with Crippen LogP contribution in [0.1, 0.15) is 40.2 Å². The third-order valence-corrected chi connectivity index (χ3v) is 6.68. The highest BCUT2D eigenvalue weighted by molar-refractivity contribution is 6.01. The average molecular weight is 475 g/mol. The van der Waals surface area contributed by atoms with Crippen molar-refractivity contribution in [3.63, 3.8) is 0 Å². The molecule has 2 amide bonds. The van der Waals surface area contributed by atoms with Gasteiger partial charge in [-0.25, -0.2) is 4.79 Å². The van der Waals surface area contributed by atoms with E-state index in [1.165, 1.54) is 15.8 Å². The highest BCUT2D eigenvalue weighted by atomic mass is 16.5. The van der Waals surface area contributed by atoms with Gasteiger partial charge in [0.1, 0.15) is 12.2 Å². The summed E-state index contributed by atoms with van der Waals surface area (Å²) in [6.07, 6.45) is 1.96. The molecule has 35 heavy (non-hydrogen) atoms. The Kier molecular flexibility index (Phi) is 5.98. The number of likely N-dealkylation sites (tertiary alicyclic amines) is 1. The van der Waals surface area contributed by atoms with Gasteiger partial charge in [-0.15, -0.1) is 0 Å². The maximum atomic E-state index is 13.1. The minimum Gasteiger partial charge on any atom is -0.481 e. The maximum absolute atomic E-state index is 13.1. The van der Waals surface area contributed by atoms with Crippen molar-refractivity contribution in [2.24, 2.45) is 13.0 Å². The van der Waals surface area contributed by atoms with Gasteiger partial charge in [0, 0.05) is 32.3 Å². The molecule has 1 unspecified atom stereocenters. The minimum atomic E-state index is -0.911. The molecule has 2 aromatic carbocycles. The van der Waals surface area contributed by atoms with E-state index in [0.29, 0.717) is 19.4 Å². The van der Waals surface area contributed by atoms with E-state index in [-0.39, 0.29) is 36.4 Å². The van der Waals surface area contributed by atoms with Crippen LogP contribution in [-0.4, -0.2) is 57.5 Å². The summed E-state index contributed by atoms with van der Waals surface area (Å²) in [5.74, 6) is -1.86. The number of ether oxygens (including phenoxy) is 1. The number of rotatable bonds is 5. The Morgan fingerprint density at radius 3 is 2.40 bits per heavy atom. The number of amides is 2. The van der Waals surface area contributed by atoms with Crippen molar-refractivity contribution in [1.29, 1.82) is 0 Å². The van der Waals surface area contributed by atoms with Gasteiger partial charge in [-0.2, -0.15) is 5.10 Å². The summed E-state index contributed by atoms with van der Waals surface area (Å²) in [6.45, 7) is 0.734. The molecule has 1 aliphatic carbocycles. The molecule has 1 fully saturated rings. The molecular weight excluding hydrogens is 448 g/mol. The monoisotopic (exact) mass is 474 g/mol. The fourth-order valence-corrected chi connectivity index (χ4v) is 5.00. The third kappa shape index (κ3) is 4.37. The minimum absolute atomic E-state index is 0.0840. The van der Waals surface area contributed by atoms with E-state index in [1.807, 2.05) is 36.4 Å². The largest absolute Gasteiger partial charge is 0.481 e. The number of aromatic nitrogens is 2. The predicted octanol–water partition coefficient (Wildman–Crippen LogP) is 3.72. The number of carboxylic acid groups (broad SMARTS) is 1. The fourth-order valence-electron chi connectivity index (χ4n) is 5.00. The zero-order valence-corrected chi connectivity index (χ0v) is 19.3. The summed E-state index contributed by atoms with van der Waals surface area (Å²) in [6, 6.07) is 16.1. The summed E-state index contributed by atoms with van der Waals surface area (Å²) in [5.41, 5.74) is 4.68. The Morgan fingerprint density at radius 1 is 1.09 bits per heavy atom. The Hall–Kier alpha value is -4.14. The molecule has 1 aromatic heterocycles. The number of carboxylic acids is 1. The molecule has 3 aromatic rings. The van der Waals surface area contributed by atoms with Crippen LogP contribution in [0.2, 0.25) is 0 Å². The lowest BCUT2D eigenvalue weighted by molar-refractivity contribution is -0.143. The van der Waals surface area contributed by atoms with E-state index >= 15 is 0 Å². The molecule has 0 saturated carbocycles. The Bertz CT molecular complexity index is 1250. The molecule has 1 saturated heterocycles. The quantitative estimate of drug-likeness (QED) is 0.583. The van der Waals surface area contributed by atoms with Crippen LogP contribution in [0.3, 0.4) is 0 Å². The number of aliphatic carboxylic acids is 1. The number of hydrogen-bond donors (Lipinski definition) is 2. The smallest absolute Gasteiger partial charge is 0.412 e. The Balaban J connectivity index is 1.28. The number of hydrogen-bond acceptors (Lipinski definition) is 5. The molecule has 2 N–H and O–H groups in total. The van der Waals surface area contributed by atoms with Crippen molar-refractivity contribution in [2.75, 3.05) is 25.0 Å². The van der Waals surface area contributed by atoms with E-state index in [2.05, 4.69) is 22.5 Å². The normalized spacial score (nSPS) is 16.9. The van der Waals surface area contributed by atoms with E-state index in [1.54, 1.807) is 7.05 Å². The summed E-state index contributed by atoms with van der Waals surface area (Å²) in [4.78, 5) is 38.7. The molecular formula is C26H26N4O5. The third-order valence-electron chi connectivity index (χ3n) is 6.68. The lowest BCUT2D eigenvalue weighted by Crippen LogP contribution is -2.42. The van der Waals surface area contributed by atoms with Gasteiger partial charge in [-0.05, 0) is 35.1 Å². The SMILES string of the molecule is Cn1cc(C(=O)N2CCCC(C(=O)O)C2)c(NC(=O)OCC2c3ccccc3-c3ccccc32)n1. The molecule has 2 aliphatic rings. The van der Waals surface area contributed by atoms with E-state index in [4.69, 9.17) is 4.74 Å². The molecule has 180 valence electrons. The van der Waals surface area contributed by atoms with Crippen LogP contribution in [0.4, 0.5) is 10.6 Å². The van der Waals surface area contributed by atoms with E-state index in [0.717, 1.165) is 22.3 Å². The number of aryl methyl sites for hydroxylation is 1. The van der Waals surface area contributed by atoms with Gasteiger partial charge in [0.2, 0.25) is 0 Å². The zero-order valence-electron chi connectivity index (χ0n) is 19.3. The number of benzene rings is 2. The number of carbonyl (C=O) groups excluding carboxylic acids is 2. The van der Waals surface area contributed by atoms with Crippen LogP contribution >= 0.6 is 0 Å². The van der Waals surface area contributed by atoms with Gasteiger partial charge in [0.25, 0.3) is 5.91 Å². The van der Waals surface area contributed by atoms with Crippen molar-refractivity contribution in [1.82, 2.24) is 14.7 Å². The molecule has 1 atom stereocenters. The number of nitrogens with one attached hydrogen (secondary N) is 1. The van der Waals surface area contributed by atoms with Gasteiger partial charge >= 0.3 is 12.1 Å². The van der Waals surface area contributed by atoms with Crippen molar-refractivity contribution in [2.45, 2.75) is 18.8 Å². The molecule has 9 nitrogen and oxygen atoms in total. The van der Waals surface area contributed by atoms with Gasteiger partial charge in [0.15, 0.2) is 5.82 Å². The van der Waals surface area contributed by atoms with Crippen LogP contribution in [0, 0.1) is 5.92 Å². The molecule has 0 spiro atoms. The van der Waals surface area contributed by atoms with E-state index < -0.39 is 18.0 Å². The van der Waals surface area contributed by atoms with Crippen molar-refractivity contribution >= 4 is 23.8 Å². The lowest BCUT2D eigenvalue weighted by atomic mass is 9.98. The Morgan fingerprint density at radius 2 is 1.74 bits per heavy atom. The van der Waals surface area contributed by atoms with Crippen molar-refractivity contribution < 1.29 is 24.2 Å². The second kappa shape index (κ2) is 9.25. The first kappa shape index (κ1) is 22.6. The first-order valence-corrected chi connectivity index (χ1v) is 11.6. The lowest BCUT2D eigenvalue weighted by Gasteiger charge is -2.30. The number of anilines is 1. The molecule has 9 heteroatoms. The highest BCUT2D eigenvalue weighted by Crippen LogP contribution is 2.44. The second-order valence-electron chi connectivity index (χ2n) is 8.94. The Labute approximate surface area is 202 Å². The summed E-state index contributed by atoms with van der Waals surface area (Å²) in [5, 5.41) is 16.1. The van der Waals surface area contributed by atoms with Crippen LogP contribution < -0.4 is 5.32 Å². The molecule has 0 radical (unpaired) electrons. The van der Waals surface area contributed by atoms with Crippen LogP contribution in [0.25, 0.3) is 11.1 Å². The van der Waals surface area contributed by atoms with Crippen molar-refractivity contribution in [3.8, 4) is 11.1 Å². The molecule has 1 aliphatic heterocycles. The summed E-state index contributed by atoms with van der Waals surface area (Å²) < 4.78 is 7.02. The molecule has 0 bridgehead atoms. The number of nitrogens with zero attached hydrogens (tertiary/aromatic N) is 3. The molecule has 5 rings (SSSR count). The first-order chi connectivity index (χ1) is 16.9. The van der Waals surface area contributed by atoms with Crippen LogP contribution in [0.5, 0.6) is 0 Å². The van der Waals surface area contributed by atoms with Crippen LogP contribution in [-0.2, 0) is 16.6 Å². The summed E-state index contributed by atoms with van der Waals surface area (Å²) in [7, 11) is 1.65. The average Bonchev–Trinajstić information content (AvgIpc) is 3.39. The van der Waals surface area contributed by atoms with Gasteiger partial charge < -0.3 is 14.7 Å². The van der Waals surface area contributed by atoms with Gasteiger partial charge in [-0.1, -0.05) is 48.5 Å². The second-order valence-corrected chi connectivity index (χ2v) is 8.94. The van der Waals surface area contributed by atoms with Crippen molar-refractivity contribution in [3.05, 3.63) is 71.4 Å². The fraction of sp³-hybridized carbons (Fsp3) is 0.308. The maximum Gasteiger partial charge on any atom is 0.412 e. The molecule has 2 heterocycles. The van der Waals surface area contributed by atoms with Crippen LogP contribution in [0.15, 0.2) is 54.7 Å². The van der Waals surface area contributed by atoms with Gasteiger partial charge in [-0.3, -0.25) is 19.6 Å². The van der Waals surface area contributed by atoms with Gasteiger partial charge in [0.05, 0.1) is 5.92 Å². The van der Waals surface area contributed by atoms with E-state index in [9.17, 15) is 19.5 Å². The topological polar surface area (TPSA) is 114 Å².